The first kappa shape index (κ1) is 18.0. The summed E-state index contributed by atoms with van der Waals surface area (Å²) in [5.41, 5.74) is 1.51. The van der Waals surface area contributed by atoms with Crippen LogP contribution >= 0.6 is 23.2 Å². The molecule has 0 radical (unpaired) electrons. The van der Waals surface area contributed by atoms with Crippen LogP contribution in [0.15, 0.2) is 60.0 Å². The van der Waals surface area contributed by atoms with Gasteiger partial charge in [0.2, 0.25) is 0 Å². The molecule has 0 atom stereocenters. The number of pyridine rings is 1. The molecule has 0 unspecified atom stereocenters. The van der Waals surface area contributed by atoms with Crippen molar-refractivity contribution >= 4 is 35.1 Å². The van der Waals surface area contributed by atoms with Crippen molar-refractivity contribution in [3.05, 3.63) is 76.2 Å². The Labute approximate surface area is 149 Å². The predicted octanol–water partition coefficient (Wildman–Crippen LogP) is 4.85. The smallest absolute Gasteiger partial charge is 0.413 e. The quantitative estimate of drug-likeness (QED) is 0.623. The van der Waals surface area contributed by atoms with Gasteiger partial charge in [0.25, 0.3) is 0 Å². The summed E-state index contributed by atoms with van der Waals surface area (Å²) >= 11 is 12.3. The minimum Gasteiger partial charge on any atom is -0.465 e. The molecule has 2 rings (SSSR count). The van der Waals surface area contributed by atoms with Crippen LogP contribution in [-0.2, 0) is 6.54 Å². The van der Waals surface area contributed by atoms with Gasteiger partial charge in [0.05, 0.1) is 6.54 Å². The van der Waals surface area contributed by atoms with Crippen LogP contribution in [0.3, 0.4) is 0 Å². The maximum absolute atomic E-state index is 11.8. The number of rotatable bonds is 4. The van der Waals surface area contributed by atoms with Crippen molar-refractivity contribution in [2.45, 2.75) is 13.5 Å². The largest absolute Gasteiger partial charge is 0.465 e. The van der Waals surface area contributed by atoms with Crippen LogP contribution in [0.1, 0.15) is 18.1 Å². The van der Waals surface area contributed by atoms with Gasteiger partial charge in [-0.3, -0.25) is 9.88 Å². The van der Waals surface area contributed by atoms with E-state index in [-0.39, 0.29) is 12.4 Å². The highest BCUT2D eigenvalue weighted by Gasteiger charge is 2.23. The summed E-state index contributed by atoms with van der Waals surface area (Å²) in [5.74, 6) is 0.207. The molecule has 0 bridgehead atoms. The SMILES string of the molecule is C=C(C)N=C(c1cccnc1)N(Cc1c(Cl)cccc1Cl)C(=O)O. The van der Waals surface area contributed by atoms with Gasteiger partial charge in [-0.25, -0.2) is 9.79 Å². The van der Waals surface area contributed by atoms with Crippen LogP contribution in [0.5, 0.6) is 0 Å². The summed E-state index contributed by atoms with van der Waals surface area (Å²) in [6.45, 7) is 5.36. The fraction of sp³-hybridized carbons (Fsp3) is 0.118. The van der Waals surface area contributed by atoms with E-state index in [1.54, 1.807) is 43.5 Å². The Bertz CT molecular complexity index is 771. The fourth-order valence-corrected chi connectivity index (χ4v) is 2.55. The molecule has 0 saturated carbocycles. The van der Waals surface area contributed by atoms with Crippen molar-refractivity contribution < 1.29 is 9.90 Å². The summed E-state index contributed by atoms with van der Waals surface area (Å²) in [5, 5.41) is 10.4. The van der Waals surface area contributed by atoms with Gasteiger partial charge in [0, 0.05) is 39.3 Å². The summed E-state index contributed by atoms with van der Waals surface area (Å²) < 4.78 is 0. The molecule has 1 aromatic carbocycles. The molecule has 124 valence electrons. The average Bonchev–Trinajstić information content (AvgIpc) is 2.53. The minimum atomic E-state index is -1.19. The van der Waals surface area contributed by atoms with E-state index >= 15 is 0 Å². The zero-order valence-corrected chi connectivity index (χ0v) is 14.4. The molecule has 0 spiro atoms. The number of amidine groups is 1. The van der Waals surface area contributed by atoms with E-state index in [4.69, 9.17) is 23.2 Å². The number of hydrogen-bond acceptors (Lipinski definition) is 3. The molecule has 7 heteroatoms. The lowest BCUT2D eigenvalue weighted by Crippen LogP contribution is -2.36. The van der Waals surface area contributed by atoms with Crippen LogP contribution in [0.2, 0.25) is 10.0 Å². The summed E-state index contributed by atoms with van der Waals surface area (Å²) in [7, 11) is 0. The fourth-order valence-electron chi connectivity index (χ4n) is 2.03. The third-order valence-corrected chi connectivity index (χ3v) is 3.79. The molecule has 0 saturated heterocycles. The first-order chi connectivity index (χ1) is 11.4. The lowest BCUT2D eigenvalue weighted by atomic mass is 10.2. The maximum atomic E-state index is 11.8. The maximum Gasteiger partial charge on any atom is 0.413 e. The molecule has 1 amide bonds. The van der Waals surface area contributed by atoms with E-state index in [1.807, 2.05) is 0 Å². The van der Waals surface area contributed by atoms with Gasteiger partial charge in [0.1, 0.15) is 5.84 Å². The van der Waals surface area contributed by atoms with E-state index in [0.29, 0.717) is 26.9 Å². The Morgan fingerprint density at radius 2 is 1.96 bits per heavy atom. The number of aromatic nitrogens is 1. The third kappa shape index (κ3) is 4.34. The number of hydrogen-bond donors (Lipinski definition) is 1. The molecule has 0 aliphatic rings. The van der Waals surface area contributed by atoms with Crippen molar-refractivity contribution in [1.29, 1.82) is 0 Å². The van der Waals surface area contributed by atoms with Crippen LogP contribution in [0.25, 0.3) is 0 Å². The van der Waals surface area contributed by atoms with E-state index in [1.165, 1.54) is 6.20 Å². The number of nitrogens with zero attached hydrogens (tertiary/aromatic N) is 3. The van der Waals surface area contributed by atoms with Crippen LogP contribution in [0, 0.1) is 0 Å². The molecular formula is C17H15Cl2N3O2. The first-order valence-corrected chi connectivity index (χ1v) is 7.73. The van der Waals surface area contributed by atoms with E-state index in [9.17, 15) is 9.90 Å². The number of halogens is 2. The Morgan fingerprint density at radius 1 is 1.29 bits per heavy atom. The van der Waals surface area contributed by atoms with Crippen LogP contribution in [-0.4, -0.2) is 26.9 Å². The second-order valence-electron chi connectivity index (χ2n) is 4.98. The lowest BCUT2D eigenvalue weighted by molar-refractivity contribution is 0.167. The molecule has 0 fully saturated rings. The lowest BCUT2D eigenvalue weighted by Gasteiger charge is -2.22. The van der Waals surface area contributed by atoms with Crippen molar-refractivity contribution in [3.63, 3.8) is 0 Å². The van der Waals surface area contributed by atoms with Gasteiger partial charge in [-0.15, -0.1) is 0 Å². The molecule has 5 nitrogen and oxygen atoms in total. The second kappa shape index (κ2) is 7.95. The van der Waals surface area contributed by atoms with Gasteiger partial charge in [0.15, 0.2) is 0 Å². The Morgan fingerprint density at radius 3 is 2.46 bits per heavy atom. The molecule has 0 aliphatic heterocycles. The highest BCUT2D eigenvalue weighted by atomic mass is 35.5. The number of carboxylic acid groups (broad SMARTS) is 1. The van der Waals surface area contributed by atoms with Gasteiger partial charge < -0.3 is 5.11 Å². The number of allylic oxidation sites excluding steroid dienone is 1. The predicted molar refractivity (Wildman–Crippen MR) is 95.6 cm³/mol. The Hall–Kier alpha value is -2.37. The van der Waals surface area contributed by atoms with Crippen molar-refractivity contribution in [1.82, 2.24) is 9.88 Å². The van der Waals surface area contributed by atoms with Gasteiger partial charge in [-0.1, -0.05) is 35.8 Å². The monoisotopic (exact) mass is 363 g/mol. The zero-order chi connectivity index (χ0) is 17.7. The molecule has 0 aliphatic carbocycles. The number of aliphatic imine (C=N–C) groups is 1. The second-order valence-corrected chi connectivity index (χ2v) is 5.80. The molecule has 2 aromatic rings. The number of carbonyl (C=O) groups is 1. The molecular weight excluding hydrogens is 349 g/mol. The Balaban J connectivity index is 2.51. The highest BCUT2D eigenvalue weighted by Crippen LogP contribution is 2.26. The van der Waals surface area contributed by atoms with E-state index < -0.39 is 6.09 Å². The summed E-state index contributed by atoms with van der Waals surface area (Å²) in [6.07, 6.45) is 1.94. The first-order valence-electron chi connectivity index (χ1n) is 6.98. The molecule has 1 aromatic heterocycles. The molecule has 1 N–H and O–H groups in total. The van der Waals surface area contributed by atoms with Gasteiger partial charge >= 0.3 is 6.09 Å². The number of amides is 1. The van der Waals surface area contributed by atoms with Crippen molar-refractivity contribution in [2.24, 2.45) is 4.99 Å². The minimum absolute atomic E-state index is 0.0468. The molecule has 24 heavy (non-hydrogen) atoms. The zero-order valence-electron chi connectivity index (χ0n) is 12.9. The Kier molecular flexibility index (Phi) is 5.95. The summed E-state index contributed by atoms with van der Waals surface area (Å²) in [6, 6.07) is 8.43. The van der Waals surface area contributed by atoms with Crippen LogP contribution < -0.4 is 0 Å². The number of benzene rings is 1. The average molecular weight is 364 g/mol. The molecule has 1 heterocycles. The van der Waals surface area contributed by atoms with Crippen LogP contribution in [0.4, 0.5) is 4.79 Å². The third-order valence-electron chi connectivity index (χ3n) is 3.08. The van der Waals surface area contributed by atoms with E-state index in [0.717, 1.165) is 4.90 Å². The van der Waals surface area contributed by atoms with Gasteiger partial charge in [-0.2, -0.15) is 0 Å². The summed E-state index contributed by atoms with van der Waals surface area (Å²) in [4.78, 5) is 21.2. The van der Waals surface area contributed by atoms with Crippen molar-refractivity contribution in [3.8, 4) is 0 Å². The standard InChI is InChI=1S/C17H15Cl2N3O2/c1-11(2)21-16(12-5-4-8-20-9-12)22(17(23)24)10-13-14(18)6-3-7-15(13)19/h3-9H,1,10H2,2H3,(H,23,24). The van der Waals surface area contributed by atoms with Gasteiger partial charge in [-0.05, 0) is 31.2 Å². The normalized spacial score (nSPS) is 11.2. The van der Waals surface area contributed by atoms with Crippen molar-refractivity contribution in [2.75, 3.05) is 0 Å². The van der Waals surface area contributed by atoms with E-state index in [2.05, 4.69) is 16.6 Å². The topological polar surface area (TPSA) is 65.8 Å². The highest BCUT2D eigenvalue weighted by molar-refractivity contribution is 6.36.